The molecule has 0 aromatic carbocycles. The molecular formula is C14H25NO6. The fraction of sp³-hybridized carbons (Fsp3) is 0.714. The zero-order valence-corrected chi connectivity index (χ0v) is 13.0. The summed E-state index contributed by atoms with van der Waals surface area (Å²) in [6, 6.07) is 0. The van der Waals surface area contributed by atoms with Crippen molar-refractivity contribution >= 4 is 12.1 Å². The molecule has 0 aliphatic rings. The van der Waals surface area contributed by atoms with Crippen molar-refractivity contribution in [3.8, 4) is 0 Å². The van der Waals surface area contributed by atoms with Crippen LogP contribution in [0.2, 0.25) is 0 Å². The molecule has 0 fully saturated rings. The number of esters is 1. The van der Waals surface area contributed by atoms with Gasteiger partial charge in [0.25, 0.3) is 0 Å². The third-order valence-electron chi connectivity index (χ3n) is 2.24. The third kappa shape index (κ3) is 10.8. The first-order valence-electron chi connectivity index (χ1n) is 6.93. The van der Waals surface area contributed by atoms with Gasteiger partial charge in [0, 0.05) is 18.8 Å². The molecule has 0 atom stereocenters. The van der Waals surface area contributed by atoms with E-state index >= 15 is 0 Å². The molecular weight excluding hydrogens is 278 g/mol. The van der Waals surface area contributed by atoms with Gasteiger partial charge in [0.1, 0.15) is 6.61 Å². The molecule has 0 aliphatic heterocycles. The van der Waals surface area contributed by atoms with Gasteiger partial charge in [0.2, 0.25) is 0 Å². The van der Waals surface area contributed by atoms with E-state index < -0.39 is 18.2 Å². The van der Waals surface area contributed by atoms with Crippen molar-refractivity contribution in [3.63, 3.8) is 0 Å². The molecule has 0 unspecified atom stereocenters. The van der Waals surface area contributed by atoms with Gasteiger partial charge in [-0.1, -0.05) is 6.58 Å². The van der Waals surface area contributed by atoms with E-state index in [0.717, 1.165) is 0 Å². The molecule has 0 aliphatic carbocycles. The van der Waals surface area contributed by atoms with Crippen LogP contribution in [0, 0.1) is 0 Å². The summed E-state index contributed by atoms with van der Waals surface area (Å²) in [5.41, 5.74) is 0.311. The number of ether oxygens (including phenoxy) is 4. The molecule has 0 bridgehead atoms. The van der Waals surface area contributed by atoms with E-state index in [9.17, 15) is 9.59 Å². The van der Waals surface area contributed by atoms with Crippen molar-refractivity contribution in [1.29, 1.82) is 0 Å². The van der Waals surface area contributed by atoms with Crippen LogP contribution in [0.15, 0.2) is 12.2 Å². The highest BCUT2D eigenvalue weighted by Gasteiger charge is 2.14. The summed E-state index contributed by atoms with van der Waals surface area (Å²) in [6.07, 6.45) is -1.08. The van der Waals surface area contributed by atoms with Crippen LogP contribution in [0.3, 0.4) is 0 Å². The Morgan fingerprint density at radius 2 is 1.71 bits per heavy atom. The van der Waals surface area contributed by atoms with Crippen molar-refractivity contribution in [2.24, 2.45) is 0 Å². The zero-order valence-electron chi connectivity index (χ0n) is 13.0. The Bertz CT molecular complexity index is 323. The highest BCUT2D eigenvalue weighted by Crippen LogP contribution is 1.97. The predicted molar refractivity (Wildman–Crippen MR) is 77.0 cm³/mol. The normalized spacial score (nSPS) is 10.3. The van der Waals surface area contributed by atoms with Crippen LogP contribution in [0.5, 0.6) is 0 Å². The second-order valence-electron chi connectivity index (χ2n) is 4.19. The Kier molecular flexibility index (Phi) is 11.2. The minimum atomic E-state index is -0.606. The van der Waals surface area contributed by atoms with Crippen LogP contribution < -0.4 is 5.32 Å². The van der Waals surface area contributed by atoms with Crippen LogP contribution in [-0.4, -0.2) is 57.7 Å². The monoisotopic (exact) mass is 303 g/mol. The molecule has 0 saturated carbocycles. The Morgan fingerprint density at radius 1 is 1.14 bits per heavy atom. The van der Waals surface area contributed by atoms with E-state index in [1.807, 2.05) is 13.8 Å². The third-order valence-corrected chi connectivity index (χ3v) is 2.24. The lowest BCUT2D eigenvalue weighted by Gasteiger charge is -2.17. The van der Waals surface area contributed by atoms with Crippen LogP contribution in [0.25, 0.3) is 0 Å². The predicted octanol–water partition coefficient (Wildman–Crippen LogP) is 1.27. The fourth-order valence-corrected chi connectivity index (χ4v) is 1.23. The van der Waals surface area contributed by atoms with E-state index in [2.05, 4.69) is 11.9 Å². The van der Waals surface area contributed by atoms with Gasteiger partial charge >= 0.3 is 12.1 Å². The maximum Gasteiger partial charge on any atom is 0.407 e. The van der Waals surface area contributed by atoms with Crippen LogP contribution in [0.4, 0.5) is 4.79 Å². The quantitative estimate of drug-likeness (QED) is 0.352. The number of carbonyl (C=O) groups excluding carboxylic acids is 2. The van der Waals surface area contributed by atoms with Crippen LogP contribution in [-0.2, 0) is 23.7 Å². The minimum Gasteiger partial charge on any atom is -0.460 e. The lowest BCUT2D eigenvalue weighted by molar-refractivity contribution is -0.138. The SMILES string of the molecule is C=C(C)C(=O)OCCNC(=O)OC(COCC)COCC. The van der Waals surface area contributed by atoms with Gasteiger partial charge in [-0.15, -0.1) is 0 Å². The van der Waals surface area contributed by atoms with Gasteiger partial charge in [-0.3, -0.25) is 0 Å². The zero-order chi connectivity index (χ0) is 16.1. The first-order chi connectivity index (χ1) is 10.0. The fourth-order valence-electron chi connectivity index (χ4n) is 1.23. The Labute approximate surface area is 125 Å². The smallest absolute Gasteiger partial charge is 0.407 e. The van der Waals surface area contributed by atoms with Crippen molar-refractivity contribution in [2.75, 3.05) is 39.6 Å². The summed E-state index contributed by atoms with van der Waals surface area (Å²) in [5.74, 6) is -0.490. The summed E-state index contributed by atoms with van der Waals surface area (Å²) < 4.78 is 20.4. The second kappa shape index (κ2) is 12.2. The summed E-state index contributed by atoms with van der Waals surface area (Å²) in [4.78, 5) is 22.7. The van der Waals surface area contributed by atoms with Crippen molar-refractivity contribution in [3.05, 3.63) is 12.2 Å². The number of amides is 1. The van der Waals surface area contributed by atoms with Crippen LogP contribution >= 0.6 is 0 Å². The highest BCUT2D eigenvalue weighted by atomic mass is 16.6. The average molecular weight is 303 g/mol. The van der Waals surface area contributed by atoms with E-state index in [0.29, 0.717) is 18.8 Å². The van der Waals surface area contributed by atoms with Crippen LogP contribution in [0.1, 0.15) is 20.8 Å². The number of nitrogens with one attached hydrogen (secondary N) is 1. The van der Waals surface area contributed by atoms with E-state index in [1.54, 1.807) is 6.92 Å². The molecule has 7 heteroatoms. The molecule has 0 spiro atoms. The Morgan fingerprint density at radius 3 is 2.19 bits per heavy atom. The molecule has 0 saturated heterocycles. The van der Waals surface area contributed by atoms with Gasteiger partial charge in [-0.25, -0.2) is 9.59 Å². The number of carbonyl (C=O) groups is 2. The number of alkyl carbamates (subject to hydrolysis) is 1. The van der Waals surface area contributed by atoms with Gasteiger partial charge in [-0.2, -0.15) is 0 Å². The lowest BCUT2D eigenvalue weighted by atomic mass is 10.4. The van der Waals surface area contributed by atoms with Crippen molar-refractivity contribution in [1.82, 2.24) is 5.32 Å². The first-order valence-corrected chi connectivity index (χ1v) is 6.93. The summed E-state index contributed by atoms with van der Waals surface area (Å²) in [5, 5.41) is 2.48. The summed E-state index contributed by atoms with van der Waals surface area (Å²) >= 11 is 0. The standard InChI is InChI=1S/C14H25NO6/c1-5-18-9-12(10-19-6-2)21-14(17)15-7-8-20-13(16)11(3)4/h12H,3,5-10H2,1-2,4H3,(H,15,17). The molecule has 0 radical (unpaired) electrons. The molecule has 1 N–H and O–H groups in total. The topological polar surface area (TPSA) is 83.1 Å². The molecule has 7 nitrogen and oxygen atoms in total. The van der Waals surface area contributed by atoms with Gasteiger partial charge < -0.3 is 24.3 Å². The van der Waals surface area contributed by atoms with Crippen molar-refractivity contribution in [2.45, 2.75) is 26.9 Å². The molecule has 21 heavy (non-hydrogen) atoms. The Balaban J connectivity index is 3.90. The summed E-state index contributed by atoms with van der Waals surface area (Å²) in [7, 11) is 0. The van der Waals surface area contributed by atoms with E-state index in [1.165, 1.54) is 0 Å². The van der Waals surface area contributed by atoms with E-state index in [4.69, 9.17) is 18.9 Å². The summed E-state index contributed by atoms with van der Waals surface area (Å²) in [6.45, 7) is 10.5. The minimum absolute atomic E-state index is 0.0579. The average Bonchev–Trinajstić information content (AvgIpc) is 2.45. The van der Waals surface area contributed by atoms with Gasteiger partial charge in [-0.05, 0) is 20.8 Å². The molecule has 0 rings (SSSR count). The molecule has 122 valence electrons. The van der Waals surface area contributed by atoms with Gasteiger partial charge in [0.15, 0.2) is 6.10 Å². The van der Waals surface area contributed by atoms with E-state index in [-0.39, 0.29) is 26.4 Å². The second-order valence-corrected chi connectivity index (χ2v) is 4.19. The first kappa shape index (κ1) is 19.4. The lowest BCUT2D eigenvalue weighted by Crippen LogP contribution is -2.35. The molecule has 0 heterocycles. The van der Waals surface area contributed by atoms with Crippen molar-refractivity contribution < 1.29 is 28.5 Å². The largest absolute Gasteiger partial charge is 0.460 e. The molecule has 0 aromatic heterocycles. The number of hydrogen-bond donors (Lipinski definition) is 1. The Hall–Kier alpha value is -1.60. The molecule has 1 amide bonds. The number of rotatable bonds is 11. The highest BCUT2D eigenvalue weighted by molar-refractivity contribution is 5.86. The maximum atomic E-state index is 11.6. The number of hydrogen-bond acceptors (Lipinski definition) is 6. The maximum absolute atomic E-state index is 11.6. The van der Waals surface area contributed by atoms with Gasteiger partial charge in [0.05, 0.1) is 19.8 Å². The molecule has 0 aromatic rings.